The lowest BCUT2D eigenvalue weighted by Gasteiger charge is -2.26. The van der Waals surface area contributed by atoms with Crippen molar-refractivity contribution >= 4 is 11.6 Å². The molecule has 1 heterocycles. The molecule has 3 rings (SSSR count). The summed E-state index contributed by atoms with van der Waals surface area (Å²) >= 11 is 0. The molecule has 1 aromatic carbocycles. The van der Waals surface area contributed by atoms with Crippen molar-refractivity contribution in [2.75, 3.05) is 11.1 Å². The van der Waals surface area contributed by atoms with Crippen LogP contribution in [0.25, 0.3) is 0 Å². The average molecular weight is 254 g/mol. The monoisotopic (exact) mass is 254 g/mol. The normalized spacial score (nSPS) is 17.8. The van der Waals surface area contributed by atoms with Gasteiger partial charge in [-0.05, 0) is 37.3 Å². The number of nitrogens with two attached hydrogens (primary N) is 1. The lowest BCUT2D eigenvalue weighted by Crippen LogP contribution is -2.27. The molecule has 0 saturated heterocycles. The summed E-state index contributed by atoms with van der Waals surface area (Å²) in [5, 5.41) is 3.47. The molecular weight excluding hydrogens is 236 g/mol. The van der Waals surface area contributed by atoms with Gasteiger partial charge in [0.05, 0.1) is 0 Å². The summed E-state index contributed by atoms with van der Waals surface area (Å²) in [6.45, 7) is 1.86. The molecule has 2 aromatic rings. The molecule has 4 nitrogen and oxygen atoms in total. The second-order valence-electron chi connectivity index (χ2n) is 5.08. The van der Waals surface area contributed by atoms with Crippen molar-refractivity contribution in [3.05, 3.63) is 47.3 Å². The first-order valence-electron chi connectivity index (χ1n) is 6.65. The molecule has 1 aliphatic rings. The van der Waals surface area contributed by atoms with E-state index in [4.69, 9.17) is 5.73 Å². The number of hydrogen-bond donors (Lipinski definition) is 2. The van der Waals surface area contributed by atoms with E-state index in [1.807, 2.05) is 6.92 Å². The van der Waals surface area contributed by atoms with Crippen LogP contribution in [0.3, 0.4) is 0 Å². The van der Waals surface area contributed by atoms with Gasteiger partial charge < -0.3 is 11.1 Å². The minimum Gasteiger partial charge on any atom is -0.384 e. The number of nitrogen functional groups attached to an aromatic ring is 1. The van der Waals surface area contributed by atoms with E-state index in [-0.39, 0.29) is 0 Å². The third-order valence-corrected chi connectivity index (χ3v) is 3.56. The first-order chi connectivity index (χ1) is 9.20. The fraction of sp³-hybridized carbons (Fsp3) is 0.333. The van der Waals surface area contributed by atoms with E-state index in [9.17, 15) is 0 Å². The highest BCUT2D eigenvalue weighted by molar-refractivity contribution is 5.46. The van der Waals surface area contributed by atoms with E-state index in [0.29, 0.717) is 17.7 Å². The Morgan fingerprint density at radius 1 is 1.21 bits per heavy atom. The van der Waals surface area contributed by atoms with Crippen LogP contribution in [0.2, 0.25) is 0 Å². The Balaban J connectivity index is 1.75. The summed E-state index contributed by atoms with van der Waals surface area (Å²) in [6, 6.07) is 10.9. The van der Waals surface area contributed by atoms with Crippen molar-refractivity contribution in [1.82, 2.24) is 9.97 Å². The summed E-state index contributed by atoms with van der Waals surface area (Å²) in [5.74, 6) is 2.05. The van der Waals surface area contributed by atoms with Crippen molar-refractivity contribution in [3.63, 3.8) is 0 Å². The number of benzene rings is 1. The zero-order valence-electron chi connectivity index (χ0n) is 11.1. The molecule has 1 unspecified atom stereocenters. The van der Waals surface area contributed by atoms with Gasteiger partial charge in [-0.3, -0.25) is 0 Å². The van der Waals surface area contributed by atoms with Gasteiger partial charge in [0.2, 0.25) is 0 Å². The predicted molar refractivity (Wildman–Crippen MR) is 77.1 cm³/mol. The minimum atomic E-state index is 0.420. The van der Waals surface area contributed by atoms with Gasteiger partial charge in [-0.1, -0.05) is 24.3 Å². The highest BCUT2D eigenvalue weighted by Gasteiger charge is 2.18. The Kier molecular flexibility index (Phi) is 3.07. The Morgan fingerprint density at radius 2 is 2.00 bits per heavy atom. The number of aromatic nitrogens is 2. The number of hydrogen-bond acceptors (Lipinski definition) is 4. The maximum Gasteiger partial charge on any atom is 0.132 e. The molecule has 3 N–H and O–H groups in total. The molecule has 0 fully saturated rings. The van der Waals surface area contributed by atoms with Crippen LogP contribution in [-0.4, -0.2) is 16.0 Å². The quantitative estimate of drug-likeness (QED) is 0.863. The molecule has 19 heavy (non-hydrogen) atoms. The van der Waals surface area contributed by atoms with Crippen molar-refractivity contribution in [2.24, 2.45) is 0 Å². The van der Waals surface area contributed by atoms with Crippen molar-refractivity contribution in [1.29, 1.82) is 0 Å². The number of nitrogens with one attached hydrogen (secondary N) is 1. The molecule has 0 amide bonds. The van der Waals surface area contributed by atoms with Crippen LogP contribution in [0.4, 0.5) is 11.6 Å². The average Bonchev–Trinajstić information content (AvgIpc) is 2.37. The van der Waals surface area contributed by atoms with Gasteiger partial charge in [0.1, 0.15) is 17.5 Å². The highest BCUT2D eigenvalue weighted by Crippen LogP contribution is 2.23. The number of anilines is 2. The summed E-state index contributed by atoms with van der Waals surface area (Å²) in [4.78, 5) is 8.47. The van der Waals surface area contributed by atoms with E-state index in [2.05, 4.69) is 39.6 Å². The first-order valence-corrected chi connectivity index (χ1v) is 6.65. The summed E-state index contributed by atoms with van der Waals surface area (Å²) in [5.41, 5.74) is 8.66. The SMILES string of the molecule is Cc1nc(N)cc(NC2CCc3ccccc3C2)n1. The van der Waals surface area contributed by atoms with Crippen LogP contribution in [-0.2, 0) is 12.8 Å². The van der Waals surface area contributed by atoms with Crippen molar-refractivity contribution in [3.8, 4) is 0 Å². The molecule has 1 aliphatic carbocycles. The Morgan fingerprint density at radius 3 is 2.79 bits per heavy atom. The van der Waals surface area contributed by atoms with Crippen LogP contribution in [0.1, 0.15) is 23.4 Å². The van der Waals surface area contributed by atoms with Gasteiger partial charge in [-0.2, -0.15) is 0 Å². The van der Waals surface area contributed by atoms with Crippen LogP contribution >= 0.6 is 0 Å². The first kappa shape index (κ1) is 12.0. The fourth-order valence-corrected chi connectivity index (χ4v) is 2.69. The second kappa shape index (κ2) is 4.88. The van der Waals surface area contributed by atoms with E-state index >= 15 is 0 Å². The number of nitrogens with zero attached hydrogens (tertiary/aromatic N) is 2. The van der Waals surface area contributed by atoms with Gasteiger partial charge in [-0.15, -0.1) is 0 Å². The molecule has 98 valence electrons. The van der Waals surface area contributed by atoms with E-state index < -0.39 is 0 Å². The maximum absolute atomic E-state index is 5.75. The number of fused-ring (bicyclic) bond motifs is 1. The van der Waals surface area contributed by atoms with E-state index in [1.54, 1.807) is 6.07 Å². The largest absolute Gasteiger partial charge is 0.384 e. The van der Waals surface area contributed by atoms with Crippen LogP contribution in [0.15, 0.2) is 30.3 Å². The van der Waals surface area contributed by atoms with Gasteiger partial charge >= 0.3 is 0 Å². The molecule has 1 atom stereocenters. The van der Waals surface area contributed by atoms with Gasteiger partial charge in [-0.25, -0.2) is 9.97 Å². The molecule has 4 heteroatoms. The Labute approximate surface area is 113 Å². The topological polar surface area (TPSA) is 63.8 Å². The Hall–Kier alpha value is -2.10. The molecule has 1 aromatic heterocycles. The molecule has 0 radical (unpaired) electrons. The maximum atomic E-state index is 5.75. The van der Waals surface area contributed by atoms with E-state index in [1.165, 1.54) is 11.1 Å². The molecule has 0 bridgehead atoms. The summed E-state index contributed by atoms with van der Waals surface area (Å²) < 4.78 is 0. The zero-order valence-corrected chi connectivity index (χ0v) is 11.1. The smallest absolute Gasteiger partial charge is 0.132 e. The van der Waals surface area contributed by atoms with E-state index in [0.717, 1.165) is 25.1 Å². The zero-order chi connectivity index (χ0) is 13.2. The van der Waals surface area contributed by atoms with Crippen LogP contribution in [0, 0.1) is 6.92 Å². The number of rotatable bonds is 2. The predicted octanol–water partition coefficient (Wildman–Crippen LogP) is 2.34. The second-order valence-corrected chi connectivity index (χ2v) is 5.08. The fourth-order valence-electron chi connectivity index (χ4n) is 2.69. The van der Waals surface area contributed by atoms with Crippen LogP contribution < -0.4 is 11.1 Å². The number of aryl methyl sites for hydroxylation is 2. The highest BCUT2D eigenvalue weighted by atomic mass is 15.1. The third kappa shape index (κ3) is 2.67. The molecular formula is C15H18N4. The van der Waals surface area contributed by atoms with Gasteiger partial charge in [0.25, 0.3) is 0 Å². The standard InChI is InChI=1S/C15H18N4/c1-10-17-14(16)9-15(18-10)19-13-7-6-11-4-2-3-5-12(11)8-13/h2-5,9,13H,6-8H2,1H3,(H3,16,17,18,19). The molecule has 0 saturated carbocycles. The lowest BCUT2D eigenvalue weighted by molar-refractivity contribution is 0.608. The summed E-state index contributed by atoms with van der Waals surface area (Å²) in [6.07, 6.45) is 3.28. The molecule has 0 spiro atoms. The van der Waals surface area contributed by atoms with Crippen molar-refractivity contribution in [2.45, 2.75) is 32.2 Å². The third-order valence-electron chi connectivity index (χ3n) is 3.56. The summed E-state index contributed by atoms with van der Waals surface area (Å²) in [7, 11) is 0. The minimum absolute atomic E-state index is 0.420. The van der Waals surface area contributed by atoms with Gasteiger partial charge in [0.15, 0.2) is 0 Å². The van der Waals surface area contributed by atoms with Gasteiger partial charge in [0, 0.05) is 12.1 Å². The van der Waals surface area contributed by atoms with Crippen molar-refractivity contribution < 1.29 is 0 Å². The molecule has 0 aliphatic heterocycles. The Bertz CT molecular complexity index is 574. The lowest BCUT2D eigenvalue weighted by atomic mass is 9.88. The van der Waals surface area contributed by atoms with Crippen LogP contribution in [0.5, 0.6) is 0 Å².